The largest absolute Gasteiger partial charge is 0.481 e. The quantitative estimate of drug-likeness (QED) is 0.829. The van der Waals surface area contributed by atoms with Gasteiger partial charge in [0, 0.05) is 16.7 Å². The number of rotatable bonds is 2. The Bertz CT molecular complexity index is 423. The van der Waals surface area contributed by atoms with Crippen molar-refractivity contribution in [2.24, 2.45) is 0 Å². The Morgan fingerprint density at radius 1 is 1.41 bits per heavy atom. The van der Waals surface area contributed by atoms with E-state index in [1.807, 2.05) is 0 Å². The zero-order valence-corrected chi connectivity index (χ0v) is 10.7. The van der Waals surface area contributed by atoms with Gasteiger partial charge >= 0.3 is 5.97 Å². The van der Waals surface area contributed by atoms with E-state index in [-0.39, 0.29) is 5.41 Å². The van der Waals surface area contributed by atoms with E-state index in [0.717, 1.165) is 36.9 Å². The van der Waals surface area contributed by atoms with Crippen LogP contribution in [0.3, 0.4) is 0 Å². The molecular weight excluding hydrogens is 216 g/mol. The number of aromatic amines is 1. The van der Waals surface area contributed by atoms with Crippen LogP contribution < -0.4 is 0 Å². The Balaban J connectivity index is 2.52. The van der Waals surface area contributed by atoms with Gasteiger partial charge in [0.05, 0.1) is 11.6 Å². The fourth-order valence-corrected chi connectivity index (χ4v) is 2.80. The molecule has 1 fully saturated rings. The third-order valence-corrected chi connectivity index (χ3v) is 3.77. The number of carbonyl (C=O) groups is 1. The van der Waals surface area contributed by atoms with Crippen molar-refractivity contribution in [3.8, 4) is 0 Å². The van der Waals surface area contributed by atoms with E-state index < -0.39 is 11.4 Å². The maximum Gasteiger partial charge on any atom is 0.314 e. The van der Waals surface area contributed by atoms with Crippen molar-refractivity contribution in [3.05, 3.63) is 17.5 Å². The van der Waals surface area contributed by atoms with Crippen LogP contribution in [0.2, 0.25) is 0 Å². The Hall–Kier alpha value is -1.32. The van der Waals surface area contributed by atoms with Crippen molar-refractivity contribution in [2.45, 2.75) is 57.3 Å². The topological polar surface area (TPSA) is 66.0 Å². The summed E-state index contributed by atoms with van der Waals surface area (Å²) in [4.78, 5) is 11.7. The van der Waals surface area contributed by atoms with Crippen molar-refractivity contribution in [1.82, 2.24) is 10.2 Å². The van der Waals surface area contributed by atoms with Crippen LogP contribution >= 0.6 is 0 Å². The highest BCUT2D eigenvalue weighted by Crippen LogP contribution is 2.44. The molecular formula is C13H20N2O2. The zero-order valence-electron chi connectivity index (χ0n) is 10.7. The molecule has 1 heterocycles. The summed E-state index contributed by atoms with van der Waals surface area (Å²) in [5, 5.41) is 16.6. The number of hydrogen-bond donors (Lipinski definition) is 2. The molecule has 0 spiro atoms. The van der Waals surface area contributed by atoms with Gasteiger partial charge in [-0.15, -0.1) is 0 Å². The van der Waals surface area contributed by atoms with Crippen molar-refractivity contribution >= 4 is 5.97 Å². The summed E-state index contributed by atoms with van der Waals surface area (Å²) in [5.41, 5.74) is 1.03. The zero-order chi connectivity index (χ0) is 12.7. The van der Waals surface area contributed by atoms with Gasteiger partial charge in [-0.3, -0.25) is 9.89 Å². The number of hydrogen-bond acceptors (Lipinski definition) is 2. The number of carboxylic acids is 1. The van der Waals surface area contributed by atoms with Gasteiger partial charge in [-0.05, 0) is 12.8 Å². The van der Waals surface area contributed by atoms with Crippen LogP contribution in [0.25, 0.3) is 0 Å². The highest BCUT2D eigenvalue weighted by Gasteiger charge is 2.46. The summed E-state index contributed by atoms with van der Waals surface area (Å²) >= 11 is 0. The van der Waals surface area contributed by atoms with Crippen molar-refractivity contribution in [2.75, 3.05) is 0 Å². The molecule has 17 heavy (non-hydrogen) atoms. The molecule has 0 aliphatic heterocycles. The SMILES string of the molecule is CC(C)(C)c1[nH]ncc1C1(C(=O)O)CCCC1. The lowest BCUT2D eigenvalue weighted by Gasteiger charge is -2.28. The summed E-state index contributed by atoms with van der Waals surface area (Å²) in [6.07, 6.45) is 5.14. The fourth-order valence-electron chi connectivity index (χ4n) is 2.80. The van der Waals surface area contributed by atoms with Gasteiger partial charge in [0.2, 0.25) is 0 Å². The molecule has 2 rings (SSSR count). The molecule has 4 nitrogen and oxygen atoms in total. The molecule has 0 radical (unpaired) electrons. The molecule has 94 valence electrons. The molecule has 1 aliphatic carbocycles. The van der Waals surface area contributed by atoms with E-state index in [2.05, 4.69) is 31.0 Å². The summed E-state index contributed by atoms with van der Waals surface area (Å²) in [6, 6.07) is 0. The number of carboxylic acid groups (broad SMARTS) is 1. The van der Waals surface area contributed by atoms with Gasteiger partial charge in [0.25, 0.3) is 0 Å². The molecule has 1 saturated carbocycles. The fraction of sp³-hybridized carbons (Fsp3) is 0.692. The van der Waals surface area contributed by atoms with Crippen molar-refractivity contribution in [1.29, 1.82) is 0 Å². The predicted molar refractivity (Wildman–Crippen MR) is 65.1 cm³/mol. The average Bonchev–Trinajstić information content (AvgIpc) is 2.86. The summed E-state index contributed by atoms with van der Waals surface area (Å²) < 4.78 is 0. The molecule has 4 heteroatoms. The maximum absolute atomic E-state index is 11.7. The van der Waals surface area contributed by atoms with Gasteiger partial charge in [-0.25, -0.2) is 0 Å². The van der Waals surface area contributed by atoms with Gasteiger partial charge in [-0.2, -0.15) is 5.10 Å². The van der Waals surface area contributed by atoms with Gasteiger partial charge in [-0.1, -0.05) is 33.6 Å². The smallest absolute Gasteiger partial charge is 0.314 e. The molecule has 0 unspecified atom stereocenters. The number of aliphatic carboxylic acids is 1. The second-order valence-corrected chi connectivity index (χ2v) is 6.00. The number of nitrogens with zero attached hydrogens (tertiary/aromatic N) is 1. The summed E-state index contributed by atoms with van der Waals surface area (Å²) in [5.74, 6) is -0.707. The molecule has 2 N–H and O–H groups in total. The van der Waals surface area contributed by atoms with Crippen LogP contribution in [-0.4, -0.2) is 21.3 Å². The number of nitrogens with one attached hydrogen (secondary N) is 1. The first kappa shape index (κ1) is 12.1. The Morgan fingerprint density at radius 2 is 2.00 bits per heavy atom. The Morgan fingerprint density at radius 3 is 2.47 bits per heavy atom. The van der Waals surface area contributed by atoms with E-state index >= 15 is 0 Å². The second kappa shape index (κ2) is 3.86. The van der Waals surface area contributed by atoms with Gasteiger partial charge in [0.1, 0.15) is 0 Å². The lowest BCUT2D eigenvalue weighted by atomic mass is 9.75. The maximum atomic E-state index is 11.7. The molecule has 0 amide bonds. The third-order valence-electron chi connectivity index (χ3n) is 3.77. The van der Waals surface area contributed by atoms with Crippen molar-refractivity contribution in [3.63, 3.8) is 0 Å². The highest BCUT2D eigenvalue weighted by atomic mass is 16.4. The van der Waals surface area contributed by atoms with Crippen LogP contribution in [0.5, 0.6) is 0 Å². The minimum Gasteiger partial charge on any atom is -0.481 e. The lowest BCUT2D eigenvalue weighted by Crippen LogP contribution is -2.34. The monoisotopic (exact) mass is 236 g/mol. The van der Waals surface area contributed by atoms with E-state index in [1.165, 1.54) is 0 Å². The van der Waals surface area contributed by atoms with E-state index in [4.69, 9.17) is 0 Å². The van der Waals surface area contributed by atoms with E-state index in [0.29, 0.717) is 0 Å². The lowest BCUT2D eigenvalue weighted by molar-refractivity contribution is -0.143. The molecule has 1 aromatic rings. The predicted octanol–water partition coefficient (Wildman–Crippen LogP) is 2.60. The molecule has 1 aromatic heterocycles. The first-order valence-corrected chi connectivity index (χ1v) is 6.16. The van der Waals surface area contributed by atoms with Crippen LogP contribution in [0.1, 0.15) is 57.7 Å². The van der Waals surface area contributed by atoms with Gasteiger partial charge in [0.15, 0.2) is 0 Å². The van der Waals surface area contributed by atoms with Gasteiger partial charge < -0.3 is 5.11 Å². The Labute approximate surface area is 101 Å². The number of H-pyrrole nitrogens is 1. The van der Waals surface area contributed by atoms with E-state index in [1.54, 1.807) is 6.20 Å². The normalized spacial score (nSPS) is 19.5. The standard InChI is InChI=1S/C13H20N2O2/c1-12(2,3)10-9(8-14-15-10)13(11(16)17)6-4-5-7-13/h8H,4-7H2,1-3H3,(H,14,15)(H,16,17). The van der Waals surface area contributed by atoms with Crippen molar-refractivity contribution < 1.29 is 9.90 Å². The summed E-state index contributed by atoms with van der Waals surface area (Å²) in [6.45, 7) is 6.23. The minimum atomic E-state index is -0.713. The first-order valence-electron chi connectivity index (χ1n) is 6.16. The second-order valence-electron chi connectivity index (χ2n) is 6.00. The van der Waals surface area contributed by atoms with Crippen LogP contribution in [-0.2, 0) is 15.6 Å². The highest BCUT2D eigenvalue weighted by molar-refractivity contribution is 5.82. The first-order chi connectivity index (χ1) is 7.88. The van der Waals surface area contributed by atoms with Crippen LogP contribution in [0.4, 0.5) is 0 Å². The third kappa shape index (κ3) is 1.85. The molecule has 0 saturated heterocycles. The van der Waals surface area contributed by atoms with E-state index in [9.17, 15) is 9.90 Å². The molecule has 0 bridgehead atoms. The number of aromatic nitrogens is 2. The van der Waals surface area contributed by atoms with Crippen LogP contribution in [0, 0.1) is 0 Å². The Kier molecular flexibility index (Phi) is 2.76. The summed E-state index contributed by atoms with van der Waals surface area (Å²) in [7, 11) is 0. The molecule has 1 aliphatic rings. The van der Waals surface area contributed by atoms with Crippen LogP contribution in [0.15, 0.2) is 6.20 Å². The minimum absolute atomic E-state index is 0.100. The average molecular weight is 236 g/mol. The molecule has 0 aromatic carbocycles. The molecule has 0 atom stereocenters.